The third-order valence-corrected chi connectivity index (χ3v) is 4.54. The zero-order valence-electron chi connectivity index (χ0n) is 12.3. The van der Waals surface area contributed by atoms with Crippen LogP contribution in [0.3, 0.4) is 0 Å². The van der Waals surface area contributed by atoms with Crippen LogP contribution in [0.25, 0.3) is 0 Å². The molecule has 0 amide bonds. The van der Waals surface area contributed by atoms with E-state index in [1.807, 2.05) is 12.1 Å². The third-order valence-electron chi connectivity index (χ3n) is 3.82. The van der Waals surface area contributed by atoms with Gasteiger partial charge in [0.15, 0.2) is 0 Å². The molecular weight excluding hydrogens is 375 g/mol. The highest BCUT2D eigenvalue weighted by atomic mass is 127. The highest BCUT2D eigenvalue weighted by molar-refractivity contribution is 14.1. The van der Waals surface area contributed by atoms with Gasteiger partial charge in [-0.25, -0.2) is 0 Å². The number of aliphatic hydroxyl groups is 1. The van der Waals surface area contributed by atoms with E-state index >= 15 is 0 Å². The van der Waals surface area contributed by atoms with Crippen LogP contribution in [0.5, 0.6) is 5.75 Å². The predicted molar refractivity (Wildman–Crippen MR) is 92.7 cm³/mol. The molecule has 3 rings (SSSR count). The molecule has 1 aliphatic rings. The molecule has 2 nitrogen and oxygen atoms in total. The Morgan fingerprint density at radius 1 is 1.19 bits per heavy atom. The summed E-state index contributed by atoms with van der Waals surface area (Å²) in [6, 6.07) is 14.3. The summed E-state index contributed by atoms with van der Waals surface area (Å²) >= 11 is 2.29. The van der Waals surface area contributed by atoms with Crippen LogP contribution in [0.4, 0.5) is 0 Å². The van der Waals surface area contributed by atoms with Crippen molar-refractivity contribution in [2.24, 2.45) is 0 Å². The second-order valence-corrected chi connectivity index (χ2v) is 7.47. The molecule has 0 saturated carbocycles. The van der Waals surface area contributed by atoms with E-state index in [0.717, 1.165) is 23.3 Å². The lowest BCUT2D eigenvalue weighted by Crippen LogP contribution is -2.25. The summed E-state index contributed by atoms with van der Waals surface area (Å²) in [7, 11) is 0. The quantitative estimate of drug-likeness (QED) is 0.788. The molecule has 0 bridgehead atoms. The van der Waals surface area contributed by atoms with Gasteiger partial charge in [0.1, 0.15) is 11.4 Å². The van der Waals surface area contributed by atoms with Crippen LogP contribution >= 0.6 is 22.6 Å². The molecule has 21 heavy (non-hydrogen) atoms. The van der Waals surface area contributed by atoms with Gasteiger partial charge in [0, 0.05) is 22.0 Å². The van der Waals surface area contributed by atoms with E-state index in [1.165, 1.54) is 9.13 Å². The standard InChI is InChI=1S/C18H19IO2/c1-18(2)11-13-4-3-5-15(17(13)21-18)16(20)10-12-6-8-14(19)9-7-12/h3-9,16,20H,10-11H2,1-2H3. The number of halogens is 1. The Morgan fingerprint density at radius 2 is 1.90 bits per heavy atom. The van der Waals surface area contributed by atoms with Crippen LogP contribution in [-0.2, 0) is 12.8 Å². The number of hydrogen-bond acceptors (Lipinski definition) is 2. The molecule has 0 radical (unpaired) electrons. The molecule has 1 unspecified atom stereocenters. The molecule has 0 spiro atoms. The van der Waals surface area contributed by atoms with E-state index in [1.54, 1.807) is 0 Å². The monoisotopic (exact) mass is 394 g/mol. The van der Waals surface area contributed by atoms with E-state index in [-0.39, 0.29) is 5.60 Å². The second-order valence-electron chi connectivity index (χ2n) is 6.22. The van der Waals surface area contributed by atoms with Gasteiger partial charge in [0.25, 0.3) is 0 Å². The largest absolute Gasteiger partial charge is 0.487 e. The van der Waals surface area contributed by atoms with Crippen molar-refractivity contribution in [1.82, 2.24) is 0 Å². The molecule has 0 fully saturated rings. The summed E-state index contributed by atoms with van der Waals surface area (Å²) in [6.07, 6.45) is 0.970. The van der Waals surface area contributed by atoms with Crippen LogP contribution in [0.1, 0.15) is 36.6 Å². The minimum Gasteiger partial charge on any atom is -0.487 e. The van der Waals surface area contributed by atoms with Crippen LogP contribution in [0, 0.1) is 3.57 Å². The Labute approximate surface area is 139 Å². The molecular formula is C18H19IO2. The first kappa shape index (κ1) is 14.9. The summed E-state index contributed by atoms with van der Waals surface area (Å²) in [4.78, 5) is 0. The Balaban J connectivity index is 1.85. The molecule has 0 aromatic heterocycles. The molecule has 2 aromatic rings. The number of ether oxygens (including phenoxy) is 1. The van der Waals surface area contributed by atoms with Crippen LogP contribution in [-0.4, -0.2) is 10.7 Å². The average Bonchev–Trinajstić information content (AvgIpc) is 2.74. The van der Waals surface area contributed by atoms with Crippen molar-refractivity contribution in [1.29, 1.82) is 0 Å². The first-order chi connectivity index (χ1) is 9.94. The second kappa shape index (κ2) is 5.61. The van der Waals surface area contributed by atoms with E-state index < -0.39 is 6.10 Å². The maximum absolute atomic E-state index is 10.6. The van der Waals surface area contributed by atoms with Gasteiger partial charge < -0.3 is 9.84 Å². The van der Waals surface area contributed by atoms with Crippen LogP contribution < -0.4 is 4.74 Å². The van der Waals surface area contributed by atoms with E-state index in [0.29, 0.717) is 6.42 Å². The fourth-order valence-electron chi connectivity index (χ4n) is 2.86. The summed E-state index contributed by atoms with van der Waals surface area (Å²) in [5.41, 5.74) is 3.05. The van der Waals surface area contributed by atoms with Gasteiger partial charge in [-0.2, -0.15) is 0 Å². The lowest BCUT2D eigenvalue weighted by Gasteiger charge is -2.20. The highest BCUT2D eigenvalue weighted by Crippen LogP contribution is 2.40. The molecule has 1 aliphatic heterocycles. The minimum atomic E-state index is -0.533. The summed E-state index contributed by atoms with van der Waals surface area (Å²) in [5, 5.41) is 10.6. The van der Waals surface area contributed by atoms with Gasteiger partial charge in [-0.3, -0.25) is 0 Å². The zero-order chi connectivity index (χ0) is 15.0. The average molecular weight is 394 g/mol. The SMILES string of the molecule is CC1(C)Cc2cccc(C(O)Cc3ccc(I)cc3)c2O1. The topological polar surface area (TPSA) is 29.5 Å². The van der Waals surface area contributed by atoms with Crippen LogP contribution in [0.2, 0.25) is 0 Å². The van der Waals surface area contributed by atoms with Gasteiger partial charge >= 0.3 is 0 Å². The minimum absolute atomic E-state index is 0.180. The first-order valence-electron chi connectivity index (χ1n) is 7.18. The Bertz CT molecular complexity index is 647. The fraction of sp³-hybridized carbons (Fsp3) is 0.333. The molecule has 0 aliphatic carbocycles. The molecule has 3 heteroatoms. The number of fused-ring (bicyclic) bond motifs is 1. The summed E-state index contributed by atoms with van der Waals surface area (Å²) in [5.74, 6) is 0.875. The Hall–Kier alpha value is -1.07. The fourth-order valence-corrected chi connectivity index (χ4v) is 3.22. The number of para-hydroxylation sites is 1. The number of aliphatic hydroxyl groups excluding tert-OH is 1. The van der Waals surface area contributed by atoms with E-state index in [4.69, 9.17) is 4.74 Å². The highest BCUT2D eigenvalue weighted by Gasteiger charge is 2.32. The van der Waals surface area contributed by atoms with E-state index in [2.05, 4.69) is 66.8 Å². The smallest absolute Gasteiger partial charge is 0.129 e. The van der Waals surface area contributed by atoms with Crippen molar-refractivity contribution >= 4 is 22.6 Å². The first-order valence-corrected chi connectivity index (χ1v) is 8.26. The zero-order valence-corrected chi connectivity index (χ0v) is 14.4. The molecule has 1 heterocycles. The maximum Gasteiger partial charge on any atom is 0.129 e. The Morgan fingerprint density at radius 3 is 2.62 bits per heavy atom. The van der Waals surface area contributed by atoms with Crippen molar-refractivity contribution in [2.45, 2.75) is 38.4 Å². The van der Waals surface area contributed by atoms with Gasteiger partial charge in [-0.05, 0) is 59.7 Å². The summed E-state index contributed by atoms with van der Waals surface area (Å²) < 4.78 is 7.25. The maximum atomic E-state index is 10.6. The van der Waals surface area contributed by atoms with Crippen molar-refractivity contribution in [2.75, 3.05) is 0 Å². The van der Waals surface area contributed by atoms with E-state index in [9.17, 15) is 5.11 Å². The Kier molecular flexibility index (Phi) is 3.97. The normalized spacial score (nSPS) is 17.1. The lowest BCUT2D eigenvalue weighted by atomic mass is 9.96. The van der Waals surface area contributed by atoms with Crippen molar-refractivity contribution in [3.8, 4) is 5.75 Å². The summed E-state index contributed by atoms with van der Waals surface area (Å²) in [6.45, 7) is 4.17. The third kappa shape index (κ3) is 3.24. The molecule has 110 valence electrons. The van der Waals surface area contributed by atoms with Crippen molar-refractivity contribution in [3.63, 3.8) is 0 Å². The van der Waals surface area contributed by atoms with Gasteiger partial charge in [0.05, 0.1) is 6.10 Å². The van der Waals surface area contributed by atoms with Crippen molar-refractivity contribution < 1.29 is 9.84 Å². The molecule has 0 saturated heterocycles. The number of hydrogen-bond donors (Lipinski definition) is 1. The predicted octanol–water partition coefficient (Wildman–Crippen LogP) is 4.28. The molecule has 1 N–H and O–H groups in total. The van der Waals surface area contributed by atoms with Gasteiger partial charge in [-0.1, -0.05) is 30.3 Å². The molecule has 2 aromatic carbocycles. The lowest BCUT2D eigenvalue weighted by molar-refractivity contribution is 0.126. The number of rotatable bonds is 3. The van der Waals surface area contributed by atoms with Crippen molar-refractivity contribution in [3.05, 3.63) is 62.7 Å². The van der Waals surface area contributed by atoms with Gasteiger partial charge in [-0.15, -0.1) is 0 Å². The van der Waals surface area contributed by atoms with Crippen LogP contribution in [0.15, 0.2) is 42.5 Å². The molecule has 1 atom stereocenters. The number of benzene rings is 2. The van der Waals surface area contributed by atoms with Gasteiger partial charge in [0.2, 0.25) is 0 Å².